The molecule has 1 fully saturated rings. The predicted octanol–water partition coefficient (Wildman–Crippen LogP) is 3.65. The van der Waals surface area contributed by atoms with E-state index in [0.717, 1.165) is 22.3 Å². The van der Waals surface area contributed by atoms with Gasteiger partial charge in [0.1, 0.15) is 18.4 Å². The van der Waals surface area contributed by atoms with Crippen LogP contribution in [0.25, 0.3) is 11.1 Å². The molecular formula is C35H38N4O6. The van der Waals surface area contributed by atoms with Crippen LogP contribution in [0.2, 0.25) is 0 Å². The van der Waals surface area contributed by atoms with Crippen molar-refractivity contribution in [1.82, 2.24) is 20.4 Å². The van der Waals surface area contributed by atoms with E-state index in [9.17, 15) is 24.0 Å². The smallest absolute Gasteiger partial charge is 0.407 e. The van der Waals surface area contributed by atoms with Crippen LogP contribution in [0.3, 0.4) is 0 Å². The van der Waals surface area contributed by atoms with Crippen molar-refractivity contribution in [2.75, 3.05) is 45.9 Å². The van der Waals surface area contributed by atoms with Crippen LogP contribution in [-0.2, 0) is 14.3 Å². The topological polar surface area (TPSA) is 125 Å². The van der Waals surface area contributed by atoms with Crippen molar-refractivity contribution in [2.24, 2.45) is 0 Å². The van der Waals surface area contributed by atoms with Crippen molar-refractivity contribution < 1.29 is 28.7 Å². The van der Waals surface area contributed by atoms with E-state index >= 15 is 0 Å². The van der Waals surface area contributed by atoms with Gasteiger partial charge < -0.3 is 20.3 Å². The molecule has 1 atom stereocenters. The summed E-state index contributed by atoms with van der Waals surface area (Å²) in [5.41, 5.74) is 5.13. The second-order valence-electron chi connectivity index (χ2n) is 11.5. The second kappa shape index (κ2) is 14.3. The highest BCUT2D eigenvalue weighted by Crippen LogP contribution is 2.44. The van der Waals surface area contributed by atoms with E-state index in [1.54, 1.807) is 29.2 Å². The summed E-state index contributed by atoms with van der Waals surface area (Å²) in [6.45, 7) is 5.87. The lowest BCUT2D eigenvalue weighted by Crippen LogP contribution is -2.56. The maximum absolute atomic E-state index is 13.4. The molecule has 1 aliphatic carbocycles. The SMILES string of the molecule is CC(=O)CC(NC(=O)OCC1c2ccccc2-c2ccccc21)C(=O)N1CCN(CCNC(=O)c2ccccc2C(C)=O)CC1. The molecule has 0 aromatic heterocycles. The van der Waals surface area contributed by atoms with Crippen molar-refractivity contribution in [3.05, 3.63) is 95.1 Å². The quantitative estimate of drug-likeness (QED) is 0.318. The van der Waals surface area contributed by atoms with Gasteiger partial charge in [0.05, 0.1) is 5.56 Å². The number of carbonyl (C=O) groups excluding carboxylic acids is 5. The number of benzene rings is 3. The highest BCUT2D eigenvalue weighted by Gasteiger charge is 2.32. The molecule has 2 N–H and O–H groups in total. The summed E-state index contributed by atoms with van der Waals surface area (Å²) in [5.74, 6) is -1.13. The lowest BCUT2D eigenvalue weighted by molar-refractivity contribution is -0.136. The Labute approximate surface area is 262 Å². The molecule has 0 spiro atoms. The summed E-state index contributed by atoms with van der Waals surface area (Å²) in [5, 5.41) is 5.51. The molecule has 1 saturated heterocycles. The number of nitrogens with zero attached hydrogens (tertiary/aromatic N) is 2. The lowest BCUT2D eigenvalue weighted by atomic mass is 9.98. The summed E-state index contributed by atoms with van der Waals surface area (Å²) < 4.78 is 5.63. The third kappa shape index (κ3) is 7.46. The molecule has 0 radical (unpaired) electrons. The van der Waals surface area contributed by atoms with E-state index < -0.39 is 12.1 Å². The van der Waals surface area contributed by atoms with Crippen LogP contribution in [0.4, 0.5) is 4.79 Å². The molecule has 0 saturated carbocycles. The van der Waals surface area contributed by atoms with Crippen LogP contribution in [-0.4, -0.2) is 91.2 Å². The van der Waals surface area contributed by atoms with Crippen LogP contribution in [0.5, 0.6) is 0 Å². The minimum absolute atomic E-state index is 0.108. The molecule has 1 unspecified atom stereocenters. The first-order valence-corrected chi connectivity index (χ1v) is 15.2. The first-order valence-electron chi connectivity index (χ1n) is 15.2. The van der Waals surface area contributed by atoms with Gasteiger partial charge in [-0.3, -0.25) is 24.1 Å². The van der Waals surface area contributed by atoms with Crippen molar-refractivity contribution in [2.45, 2.75) is 32.2 Å². The van der Waals surface area contributed by atoms with Crippen LogP contribution in [0.1, 0.15) is 58.0 Å². The molecule has 234 valence electrons. The van der Waals surface area contributed by atoms with Crippen LogP contribution in [0, 0.1) is 0 Å². The standard InChI is InChI=1S/C35H38N4O6/c1-23(40)21-32(37-35(44)45-22-31-28-12-6-4-10-26(28)27-11-5-7-13-29(27)31)34(43)39-19-17-38(18-20-39)16-15-36-33(42)30-14-8-3-9-25(30)24(2)41/h3-14,31-32H,15-22H2,1-2H3,(H,36,42)(H,37,44). The van der Waals surface area contributed by atoms with Gasteiger partial charge in [0.15, 0.2) is 5.78 Å². The van der Waals surface area contributed by atoms with Gasteiger partial charge in [-0.25, -0.2) is 4.79 Å². The normalized spacial score (nSPS) is 15.0. The number of alkyl carbamates (subject to hydrolysis) is 1. The van der Waals surface area contributed by atoms with Gasteiger partial charge in [-0.05, 0) is 42.2 Å². The Balaban J connectivity index is 1.11. The maximum atomic E-state index is 13.4. The first kappa shape index (κ1) is 31.6. The van der Waals surface area contributed by atoms with E-state index in [2.05, 4.69) is 27.7 Å². The summed E-state index contributed by atoms with van der Waals surface area (Å²) in [6, 6.07) is 21.8. The molecule has 3 amide bonds. The highest BCUT2D eigenvalue weighted by atomic mass is 16.5. The van der Waals surface area contributed by atoms with Gasteiger partial charge >= 0.3 is 6.09 Å². The zero-order chi connectivity index (χ0) is 31.9. The fourth-order valence-corrected chi connectivity index (χ4v) is 6.09. The molecule has 10 nitrogen and oxygen atoms in total. The summed E-state index contributed by atoms with van der Waals surface area (Å²) >= 11 is 0. The van der Waals surface area contributed by atoms with E-state index in [0.29, 0.717) is 50.4 Å². The molecule has 1 aliphatic heterocycles. The first-order chi connectivity index (χ1) is 21.7. The van der Waals surface area contributed by atoms with Crippen molar-refractivity contribution in [3.8, 4) is 11.1 Å². The number of hydrogen-bond donors (Lipinski definition) is 2. The molecule has 10 heteroatoms. The molecule has 45 heavy (non-hydrogen) atoms. The Hall–Kier alpha value is -4.83. The number of carbonyl (C=O) groups is 5. The Bertz CT molecular complexity index is 1550. The molecular weight excluding hydrogens is 572 g/mol. The van der Waals surface area contributed by atoms with Gasteiger partial charge in [0.25, 0.3) is 5.91 Å². The van der Waals surface area contributed by atoms with E-state index in [1.807, 2.05) is 36.4 Å². The molecule has 3 aromatic carbocycles. The average molecular weight is 611 g/mol. The van der Waals surface area contributed by atoms with E-state index in [-0.39, 0.29) is 42.3 Å². The Kier molecular flexibility index (Phi) is 10.0. The van der Waals surface area contributed by atoms with Crippen molar-refractivity contribution in [1.29, 1.82) is 0 Å². The Morgan fingerprint density at radius 1 is 0.800 bits per heavy atom. The second-order valence-corrected chi connectivity index (χ2v) is 11.5. The maximum Gasteiger partial charge on any atom is 0.407 e. The molecule has 1 heterocycles. The molecule has 0 bridgehead atoms. The average Bonchev–Trinajstić information content (AvgIpc) is 3.36. The predicted molar refractivity (Wildman–Crippen MR) is 169 cm³/mol. The van der Waals surface area contributed by atoms with Gasteiger partial charge in [-0.15, -0.1) is 0 Å². The number of ether oxygens (including phenoxy) is 1. The van der Waals surface area contributed by atoms with Gasteiger partial charge in [-0.2, -0.15) is 0 Å². The van der Waals surface area contributed by atoms with E-state index in [1.165, 1.54) is 13.8 Å². The molecule has 5 rings (SSSR count). The van der Waals surface area contributed by atoms with Gasteiger partial charge in [0, 0.05) is 57.2 Å². The number of hydrogen-bond acceptors (Lipinski definition) is 7. The van der Waals surface area contributed by atoms with Crippen LogP contribution >= 0.6 is 0 Å². The number of piperazine rings is 1. The monoisotopic (exact) mass is 610 g/mol. The minimum Gasteiger partial charge on any atom is -0.449 e. The van der Waals surface area contributed by atoms with Crippen LogP contribution in [0.15, 0.2) is 72.8 Å². The number of ketones is 2. The summed E-state index contributed by atoms with van der Waals surface area (Å²) in [7, 11) is 0. The molecule has 3 aromatic rings. The minimum atomic E-state index is -1.02. The fraction of sp³-hybridized carbons (Fsp3) is 0.343. The third-order valence-electron chi connectivity index (χ3n) is 8.37. The largest absolute Gasteiger partial charge is 0.449 e. The van der Waals surface area contributed by atoms with Crippen molar-refractivity contribution in [3.63, 3.8) is 0 Å². The fourth-order valence-electron chi connectivity index (χ4n) is 6.09. The number of fused-ring (bicyclic) bond motifs is 3. The van der Waals surface area contributed by atoms with Gasteiger partial charge in [-0.1, -0.05) is 66.7 Å². The number of rotatable bonds is 11. The summed E-state index contributed by atoms with van der Waals surface area (Å²) in [6.07, 6.45) is -0.867. The Morgan fingerprint density at radius 2 is 1.38 bits per heavy atom. The zero-order valence-corrected chi connectivity index (χ0v) is 25.6. The summed E-state index contributed by atoms with van der Waals surface area (Å²) in [4.78, 5) is 66.6. The number of amides is 3. The van der Waals surface area contributed by atoms with Gasteiger partial charge in [0.2, 0.25) is 5.91 Å². The number of Topliss-reactive ketones (excluding diaryl/α,β-unsaturated/α-hetero) is 2. The number of nitrogens with one attached hydrogen (secondary N) is 2. The molecule has 2 aliphatic rings. The lowest BCUT2D eigenvalue weighted by Gasteiger charge is -2.36. The highest BCUT2D eigenvalue weighted by molar-refractivity contribution is 6.07. The Morgan fingerprint density at radius 3 is 1.98 bits per heavy atom. The zero-order valence-electron chi connectivity index (χ0n) is 25.6. The third-order valence-corrected chi connectivity index (χ3v) is 8.37. The van der Waals surface area contributed by atoms with E-state index in [4.69, 9.17) is 4.74 Å². The van der Waals surface area contributed by atoms with Crippen molar-refractivity contribution >= 4 is 29.5 Å². The van der Waals surface area contributed by atoms with Crippen LogP contribution < -0.4 is 10.6 Å².